The van der Waals surface area contributed by atoms with Crippen LogP contribution >= 0.6 is 0 Å². The summed E-state index contributed by atoms with van der Waals surface area (Å²) in [7, 11) is 1.82. The largest absolute Gasteiger partial charge is 0.393 e. The zero-order chi connectivity index (χ0) is 19.7. The van der Waals surface area contributed by atoms with E-state index >= 15 is 0 Å². The van der Waals surface area contributed by atoms with Crippen LogP contribution in [0.5, 0.6) is 0 Å². The lowest BCUT2D eigenvalue weighted by Gasteiger charge is -2.37. The van der Waals surface area contributed by atoms with E-state index in [1.807, 2.05) is 13.2 Å². The van der Waals surface area contributed by atoms with Crippen molar-refractivity contribution in [2.45, 2.75) is 25.0 Å². The van der Waals surface area contributed by atoms with Gasteiger partial charge in [-0.25, -0.2) is 4.39 Å². The molecule has 3 aromatic rings. The summed E-state index contributed by atoms with van der Waals surface area (Å²) in [6, 6.07) is 13.2. The Kier molecular flexibility index (Phi) is 4.96. The average Bonchev–Trinajstić information content (AvgIpc) is 3.10. The van der Waals surface area contributed by atoms with Gasteiger partial charge in [0, 0.05) is 29.9 Å². The third-order valence-corrected chi connectivity index (χ3v) is 5.33. The van der Waals surface area contributed by atoms with Crippen molar-refractivity contribution in [3.63, 3.8) is 0 Å². The highest BCUT2D eigenvalue weighted by Gasteiger charge is 2.36. The summed E-state index contributed by atoms with van der Waals surface area (Å²) in [5, 5.41) is 17.0. The van der Waals surface area contributed by atoms with Crippen molar-refractivity contribution < 1.29 is 14.3 Å². The molecule has 1 amide bonds. The number of aliphatic hydroxyl groups is 1. The lowest BCUT2D eigenvalue weighted by molar-refractivity contribution is 0.0235. The Morgan fingerprint density at radius 1 is 1.18 bits per heavy atom. The van der Waals surface area contributed by atoms with Crippen molar-refractivity contribution in [1.29, 1.82) is 0 Å². The van der Waals surface area contributed by atoms with Gasteiger partial charge in [0.1, 0.15) is 5.82 Å². The van der Waals surface area contributed by atoms with Gasteiger partial charge in [0.15, 0.2) is 0 Å². The van der Waals surface area contributed by atoms with E-state index in [0.717, 1.165) is 5.56 Å². The molecular weight excluding hydrogens is 357 g/mol. The predicted octanol–water partition coefficient (Wildman–Crippen LogP) is 3.47. The molecule has 0 aliphatic heterocycles. The van der Waals surface area contributed by atoms with Crippen LogP contribution in [0.15, 0.2) is 60.9 Å². The molecule has 0 radical (unpaired) electrons. The van der Waals surface area contributed by atoms with Gasteiger partial charge >= 0.3 is 0 Å². The summed E-state index contributed by atoms with van der Waals surface area (Å²) < 4.78 is 16.0. The lowest BCUT2D eigenvalue weighted by atomic mass is 9.75. The van der Waals surface area contributed by atoms with Crippen molar-refractivity contribution in [2.24, 2.45) is 13.0 Å². The number of aromatic nitrogens is 2. The van der Waals surface area contributed by atoms with E-state index in [-0.39, 0.29) is 29.8 Å². The van der Waals surface area contributed by atoms with Crippen molar-refractivity contribution >= 4 is 5.91 Å². The van der Waals surface area contributed by atoms with Crippen LogP contribution in [0.4, 0.5) is 4.39 Å². The summed E-state index contributed by atoms with van der Waals surface area (Å²) in [5.41, 5.74) is 2.26. The molecule has 2 N–H and O–H groups in total. The molecule has 144 valence electrons. The summed E-state index contributed by atoms with van der Waals surface area (Å²) in [6.07, 6.45) is 4.55. The van der Waals surface area contributed by atoms with Crippen LogP contribution in [0.3, 0.4) is 0 Å². The minimum Gasteiger partial charge on any atom is -0.393 e. The first-order chi connectivity index (χ1) is 13.5. The van der Waals surface area contributed by atoms with Crippen LogP contribution in [-0.4, -0.2) is 26.9 Å². The van der Waals surface area contributed by atoms with Crippen molar-refractivity contribution in [3.05, 3.63) is 77.9 Å². The fourth-order valence-electron chi connectivity index (χ4n) is 3.79. The smallest absolute Gasteiger partial charge is 0.252 e. The third-order valence-electron chi connectivity index (χ3n) is 5.33. The Morgan fingerprint density at radius 2 is 1.86 bits per heavy atom. The number of amides is 1. The zero-order valence-electron chi connectivity index (χ0n) is 15.5. The van der Waals surface area contributed by atoms with Gasteiger partial charge in [-0.05, 0) is 36.5 Å². The van der Waals surface area contributed by atoms with E-state index in [2.05, 4.69) is 10.4 Å². The molecule has 1 atom stereocenters. The number of hydrogen-bond acceptors (Lipinski definition) is 3. The quantitative estimate of drug-likeness (QED) is 0.713. The van der Waals surface area contributed by atoms with Gasteiger partial charge < -0.3 is 10.4 Å². The fourth-order valence-corrected chi connectivity index (χ4v) is 3.79. The number of aliphatic hydroxyl groups excluding tert-OH is 1. The molecule has 4 rings (SSSR count). The topological polar surface area (TPSA) is 67.2 Å². The van der Waals surface area contributed by atoms with Crippen molar-refractivity contribution in [3.8, 4) is 11.1 Å². The van der Waals surface area contributed by atoms with E-state index in [4.69, 9.17) is 0 Å². The minimum absolute atomic E-state index is 0.142. The molecule has 0 spiro atoms. The molecular formula is C22H22FN3O2. The van der Waals surface area contributed by atoms with Gasteiger partial charge in [0.05, 0.1) is 18.3 Å². The molecule has 5 nitrogen and oxygen atoms in total. The number of carbonyl (C=O) groups is 1. The van der Waals surface area contributed by atoms with Gasteiger partial charge in [-0.1, -0.05) is 36.4 Å². The van der Waals surface area contributed by atoms with Crippen molar-refractivity contribution in [2.75, 3.05) is 0 Å². The molecule has 1 aliphatic rings. The molecule has 0 saturated heterocycles. The van der Waals surface area contributed by atoms with Gasteiger partial charge in [-0.3, -0.25) is 9.48 Å². The van der Waals surface area contributed by atoms with E-state index in [0.29, 0.717) is 29.5 Å². The summed E-state index contributed by atoms with van der Waals surface area (Å²) in [5.74, 6) is -0.494. The summed E-state index contributed by atoms with van der Waals surface area (Å²) in [6.45, 7) is 0. The number of hydrogen-bond donors (Lipinski definition) is 2. The van der Waals surface area contributed by atoms with E-state index in [1.54, 1.807) is 53.3 Å². The number of rotatable bonds is 5. The lowest BCUT2D eigenvalue weighted by Crippen LogP contribution is -2.41. The molecule has 2 aromatic carbocycles. The second-order valence-corrected chi connectivity index (χ2v) is 7.31. The molecule has 6 heteroatoms. The number of carbonyl (C=O) groups excluding carboxylic acids is 1. The average molecular weight is 379 g/mol. The second-order valence-electron chi connectivity index (χ2n) is 7.31. The van der Waals surface area contributed by atoms with Gasteiger partial charge in [-0.15, -0.1) is 0 Å². The zero-order valence-corrected chi connectivity index (χ0v) is 15.5. The number of nitrogens with zero attached hydrogens (tertiary/aromatic N) is 2. The number of benzene rings is 2. The molecule has 1 aliphatic carbocycles. The van der Waals surface area contributed by atoms with E-state index in [9.17, 15) is 14.3 Å². The molecule has 1 fully saturated rings. The molecule has 0 unspecified atom stereocenters. The van der Waals surface area contributed by atoms with E-state index < -0.39 is 0 Å². The first-order valence-corrected chi connectivity index (χ1v) is 9.34. The number of aryl methyl sites for hydroxylation is 1. The van der Waals surface area contributed by atoms with Gasteiger partial charge in [0.25, 0.3) is 5.91 Å². The molecule has 28 heavy (non-hydrogen) atoms. The van der Waals surface area contributed by atoms with Crippen LogP contribution in [0, 0.1) is 11.7 Å². The van der Waals surface area contributed by atoms with Crippen molar-refractivity contribution in [1.82, 2.24) is 15.1 Å². The van der Waals surface area contributed by atoms with Crippen LogP contribution in [0.1, 0.15) is 34.8 Å². The normalized spacial score (nSPS) is 19.7. The van der Waals surface area contributed by atoms with Gasteiger partial charge in [0.2, 0.25) is 0 Å². The summed E-state index contributed by atoms with van der Waals surface area (Å²) in [4.78, 5) is 13.1. The monoisotopic (exact) mass is 379 g/mol. The maximum Gasteiger partial charge on any atom is 0.252 e. The maximum atomic E-state index is 14.3. The third kappa shape index (κ3) is 3.55. The highest BCUT2D eigenvalue weighted by Crippen LogP contribution is 2.38. The maximum absolute atomic E-state index is 14.3. The van der Waals surface area contributed by atoms with Crippen LogP contribution in [-0.2, 0) is 7.05 Å². The minimum atomic E-state index is -0.367. The van der Waals surface area contributed by atoms with E-state index in [1.165, 1.54) is 6.07 Å². The molecule has 1 heterocycles. The molecule has 1 saturated carbocycles. The fraction of sp³-hybridized carbons (Fsp3) is 0.273. The molecule has 0 bridgehead atoms. The Hall–Kier alpha value is -2.99. The highest BCUT2D eigenvalue weighted by atomic mass is 19.1. The second kappa shape index (κ2) is 7.56. The first kappa shape index (κ1) is 18.4. The Balaban J connectivity index is 1.65. The predicted molar refractivity (Wildman–Crippen MR) is 104 cm³/mol. The highest BCUT2D eigenvalue weighted by molar-refractivity contribution is 6.01. The SMILES string of the molecule is Cn1cc([C@H](NC(=O)c2ccccc2-c2ccccc2F)C2CC(O)C2)cn1. The van der Waals surface area contributed by atoms with Crippen LogP contribution in [0.2, 0.25) is 0 Å². The Labute approximate surface area is 162 Å². The standard InChI is InChI=1S/C22H22FN3O2/c1-26-13-15(12-24-26)21(14-10-16(27)11-14)25-22(28)19-8-3-2-6-17(19)18-7-4-5-9-20(18)23/h2-9,12-14,16,21,27H,10-11H2,1H3,(H,25,28)/t14?,16?,21-/m1/s1. The Bertz CT molecular complexity index is 995. The number of halogens is 1. The Morgan fingerprint density at radius 3 is 2.50 bits per heavy atom. The first-order valence-electron chi connectivity index (χ1n) is 9.34. The van der Waals surface area contributed by atoms with Crippen LogP contribution in [0.25, 0.3) is 11.1 Å². The van der Waals surface area contributed by atoms with Gasteiger partial charge in [-0.2, -0.15) is 5.10 Å². The van der Waals surface area contributed by atoms with Crippen LogP contribution < -0.4 is 5.32 Å². The molecule has 1 aromatic heterocycles. The number of nitrogens with one attached hydrogen (secondary N) is 1. The summed E-state index contributed by atoms with van der Waals surface area (Å²) >= 11 is 0.